The van der Waals surface area contributed by atoms with E-state index in [2.05, 4.69) is 17.6 Å². The lowest BCUT2D eigenvalue weighted by atomic mass is 9.93. The van der Waals surface area contributed by atoms with Gasteiger partial charge in [0.05, 0.1) is 0 Å². The van der Waals surface area contributed by atoms with E-state index in [0.29, 0.717) is 29.4 Å². The average molecular weight is 566 g/mol. The zero-order valence-corrected chi connectivity index (χ0v) is 24.5. The highest BCUT2D eigenvalue weighted by molar-refractivity contribution is 6.30. The summed E-state index contributed by atoms with van der Waals surface area (Å²) in [6, 6.07) is 21.5. The molecule has 8 heteroatoms. The van der Waals surface area contributed by atoms with E-state index in [-0.39, 0.29) is 11.9 Å². The molecular weight excluding hydrogens is 526 g/mol. The molecule has 3 amide bonds. The lowest BCUT2D eigenvalue weighted by Crippen LogP contribution is -2.52. The van der Waals surface area contributed by atoms with Crippen LogP contribution in [-0.2, 0) is 27.3 Å². The number of rotatable bonds is 6. The SMILES string of the molecule is C=O.CC.CCCCC=O.Cc1ccc(NC(=O)[C@H]2Cc3ccccc3CN2C(=O)Nc2ccc(Cl)cc2)cc1. The van der Waals surface area contributed by atoms with E-state index in [1.165, 1.54) is 0 Å². The first-order valence-electron chi connectivity index (χ1n) is 13.4. The van der Waals surface area contributed by atoms with E-state index in [1.54, 1.807) is 29.2 Å². The summed E-state index contributed by atoms with van der Waals surface area (Å²) in [5, 5.41) is 6.41. The summed E-state index contributed by atoms with van der Waals surface area (Å²) in [7, 11) is 0. The zero-order valence-electron chi connectivity index (χ0n) is 23.8. The number of aldehydes is 1. The Morgan fingerprint density at radius 3 is 2.02 bits per heavy atom. The maximum Gasteiger partial charge on any atom is 0.322 e. The molecule has 0 unspecified atom stereocenters. The second-order valence-electron chi connectivity index (χ2n) is 8.72. The molecule has 3 aromatic carbocycles. The number of nitrogens with zero attached hydrogens (tertiary/aromatic N) is 1. The van der Waals surface area contributed by atoms with Gasteiger partial charge in [-0.2, -0.15) is 0 Å². The fourth-order valence-electron chi connectivity index (χ4n) is 3.85. The Labute approximate surface area is 242 Å². The predicted molar refractivity (Wildman–Crippen MR) is 164 cm³/mol. The molecule has 1 aliphatic rings. The number of amides is 3. The number of benzene rings is 3. The number of nitrogens with one attached hydrogen (secondary N) is 2. The first-order chi connectivity index (χ1) is 19.4. The Morgan fingerprint density at radius 1 is 0.925 bits per heavy atom. The third-order valence-corrected chi connectivity index (χ3v) is 6.15. The van der Waals surface area contributed by atoms with Gasteiger partial charge < -0.3 is 25.1 Å². The molecule has 1 atom stereocenters. The number of aryl methyl sites for hydroxylation is 1. The number of hydrogen-bond acceptors (Lipinski definition) is 4. The van der Waals surface area contributed by atoms with E-state index >= 15 is 0 Å². The van der Waals surface area contributed by atoms with Crippen molar-refractivity contribution >= 4 is 48.0 Å². The summed E-state index contributed by atoms with van der Waals surface area (Å²) in [4.78, 5) is 45.3. The van der Waals surface area contributed by atoms with Gasteiger partial charge in [0.15, 0.2) is 0 Å². The van der Waals surface area contributed by atoms with Gasteiger partial charge >= 0.3 is 6.03 Å². The van der Waals surface area contributed by atoms with Crippen LogP contribution in [0.25, 0.3) is 0 Å². The van der Waals surface area contributed by atoms with E-state index in [9.17, 15) is 14.4 Å². The molecule has 0 saturated heterocycles. The fourth-order valence-corrected chi connectivity index (χ4v) is 3.98. The summed E-state index contributed by atoms with van der Waals surface area (Å²) in [6.07, 6.45) is 4.32. The fraction of sp³-hybridized carbons (Fsp3) is 0.312. The van der Waals surface area contributed by atoms with Crippen LogP contribution in [0.5, 0.6) is 0 Å². The number of urea groups is 1. The van der Waals surface area contributed by atoms with E-state index < -0.39 is 6.04 Å². The topological polar surface area (TPSA) is 95.6 Å². The first-order valence-corrected chi connectivity index (χ1v) is 13.8. The minimum atomic E-state index is -0.617. The molecule has 0 radical (unpaired) electrons. The van der Waals surface area contributed by atoms with Gasteiger partial charge in [-0.1, -0.05) is 80.8 Å². The van der Waals surface area contributed by atoms with Gasteiger partial charge in [-0.25, -0.2) is 4.79 Å². The van der Waals surface area contributed by atoms with Crippen molar-refractivity contribution in [1.82, 2.24) is 4.90 Å². The Hall–Kier alpha value is -3.97. The summed E-state index contributed by atoms with van der Waals surface area (Å²) in [6.45, 7) is 10.4. The highest BCUT2D eigenvalue weighted by Crippen LogP contribution is 2.25. The molecule has 2 N–H and O–H groups in total. The number of carbonyl (C=O) groups is 4. The van der Waals surface area contributed by atoms with Crippen molar-refractivity contribution in [3.8, 4) is 0 Å². The van der Waals surface area contributed by atoms with Crippen LogP contribution in [0.2, 0.25) is 5.02 Å². The van der Waals surface area contributed by atoms with Crippen molar-refractivity contribution in [2.75, 3.05) is 10.6 Å². The number of carbonyl (C=O) groups excluding carboxylic acids is 4. The molecule has 4 rings (SSSR count). The quantitative estimate of drug-likeness (QED) is 0.239. The van der Waals surface area contributed by atoms with Crippen molar-refractivity contribution in [2.45, 2.75) is 66.0 Å². The zero-order chi connectivity index (χ0) is 29.9. The van der Waals surface area contributed by atoms with Crippen LogP contribution >= 0.6 is 11.6 Å². The molecule has 40 heavy (non-hydrogen) atoms. The molecule has 0 spiro atoms. The van der Waals surface area contributed by atoms with Crippen LogP contribution in [0.15, 0.2) is 72.8 Å². The second kappa shape index (κ2) is 19.1. The van der Waals surface area contributed by atoms with Gasteiger partial charge in [-0.05, 0) is 60.9 Å². The molecule has 214 valence electrons. The Morgan fingerprint density at radius 2 is 1.48 bits per heavy atom. The Bertz CT molecular complexity index is 1100. The largest absolute Gasteiger partial charge is 0.324 e. The average Bonchev–Trinajstić information content (AvgIpc) is 3.00. The molecule has 0 aromatic heterocycles. The number of anilines is 2. The van der Waals surface area contributed by atoms with Crippen LogP contribution in [-0.4, -0.2) is 36.0 Å². The molecule has 0 saturated carbocycles. The van der Waals surface area contributed by atoms with Gasteiger partial charge in [0.2, 0.25) is 5.91 Å². The van der Waals surface area contributed by atoms with Gasteiger partial charge in [0, 0.05) is 35.8 Å². The number of hydrogen-bond donors (Lipinski definition) is 2. The number of fused-ring (bicyclic) bond motifs is 1. The molecule has 3 aromatic rings. The Balaban J connectivity index is 0.000000700. The number of unbranched alkanes of at least 4 members (excludes halogenated alkanes) is 2. The molecule has 1 aliphatic heterocycles. The van der Waals surface area contributed by atoms with Crippen molar-refractivity contribution in [3.05, 3.63) is 94.5 Å². The van der Waals surface area contributed by atoms with Crippen LogP contribution in [0.1, 0.15) is 56.7 Å². The van der Waals surface area contributed by atoms with Gasteiger partial charge in [-0.3, -0.25) is 4.79 Å². The minimum absolute atomic E-state index is 0.209. The second-order valence-corrected chi connectivity index (χ2v) is 9.15. The highest BCUT2D eigenvalue weighted by atomic mass is 35.5. The maximum atomic E-state index is 13.1. The molecule has 0 bridgehead atoms. The van der Waals surface area contributed by atoms with Crippen LogP contribution in [0, 0.1) is 6.92 Å². The predicted octanol–water partition coefficient (Wildman–Crippen LogP) is 7.46. The molecule has 1 heterocycles. The van der Waals surface area contributed by atoms with Crippen molar-refractivity contribution < 1.29 is 19.2 Å². The maximum absolute atomic E-state index is 13.1. The first kappa shape index (κ1) is 34.1. The van der Waals surface area contributed by atoms with E-state index in [0.717, 1.165) is 42.2 Å². The van der Waals surface area contributed by atoms with Crippen LogP contribution in [0.4, 0.5) is 16.2 Å². The normalized spacial score (nSPS) is 12.9. The summed E-state index contributed by atoms with van der Waals surface area (Å²) in [5.41, 5.74) is 4.58. The summed E-state index contributed by atoms with van der Waals surface area (Å²) < 4.78 is 0. The third kappa shape index (κ3) is 11.0. The van der Waals surface area contributed by atoms with E-state index in [4.69, 9.17) is 16.4 Å². The summed E-state index contributed by atoms with van der Waals surface area (Å²) in [5.74, 6) is -0.209. The van der Waals surface area contributed by atoms with Gasteiger partial charge in [0.1, 0.15) is 19.1 Å². The monoisotopic (exact) mass is 565 g/mol. The lowest BCUT2D eigenvalue weighted by Gasteiger charge is -2.36. The molecule has 0 fully saturated rings. The molecular formula is C32H40ClN3O4. The van der Waals surface area contributed by atoms with Crippen molar-refractivity contribution in [2.24, 2.45) is 0 Å². The van der Waals surface area contributed by atoms with Crippen LogP contribution in [0.3, 0.4) is 0 Å². The molecule has 0 aliphatic carbocycles. The van der Waals surface area contributed by atoms with Gasteiger partial charge in [0.25, 0.3) is 0 Å². The Kier molecular flexibility index (Phi) is 16.3. The minimum Gasteiger partial charge on any atom is -0.324 e. The van der Waals surface area contributed by atoms with E-state index in [1.807, 2.05) is 76.1 Å². The highest BCUT2D eigenvalue weighted by Gasteiger charge is 2.34. The number of halogens is 1. The van der Waals surface area contributed by atoms with Crippen LogP contribution < -0.4 is 10.6 Å². The lowest BCUT2D eigenvalue weighted by molar-refractivity contribution is -0.120. The smallest absolute Gasteiger partial charge is 0.322 e. The van der Waals surface area contributed by atoms with Crippen molar-refractivity contribution in [3.63, 3.8) is 0 Å². The molecule has 7 nitrogen and oxygen atoms in total. The van der Waals surface area contributed by atoms with Gasteiger partial charge in [-0.15, -0.1) is 0 Å². The third-order valence-electron chi connectivity index (χ3n) is 5.90. The standard InChI is InChI=1S/C24H22ClN3O2.C5H10O.C2H6.CH2O/c1-16-6-10-20(11-7-16)26-23(29)22-14-17-4-2-3-5-18(17)15-28(22)24(30)27-21-12-8-19(25)9-13-21;1-2-3-4-5-6;2*1-2/h2-13,22H,14-15H2,1H3,(H,26,29)(H,27,30);5H,2-4H2,1H3;1-2H3;1H2/t22-;;;/m1.../s1. The summed E-state index contributed by atoms with van der Waals surface area (Å²) >= 11 is 5.93. The van der Waals surface area contributed by atoms with Crippen molar-refractivity contribution in [1.29, 1.82) is 0 Å².